The summed E-state index contributed by atoms with van der Waals surface area (Å²) in [7, 11) is 1.63. The Balaban J connectivity index is 1.91. The van der Waals surface area contributed by atoms with E-state index in [0.717, 1.165) is 11.3 Å². The Morgan fingerprint density at radius 3 is 2.56 bits per heavy atom. The van der Waals surface area contributed by atoms with Crippen molar-refractivity contribution in [2.24, 2.45) is 5.92 Å². The van der Waals surface area contributed by atoms with Gasteiger partial charge in [0.1, 0.15) is 11.8 Å². The Morgan fingerprint density at radius 1 is 1.16 bits per heavy atom. The SMILES string of the molecule is COc1ccccc1CCNC(=O)[C@H](NC(=O)c1cccs1)C(C)C. The summed E-state index contributed by atoms with van der Waals surface area (Å²) in [6.45, 7) is 4.32. The quantitative estimate of drug-likeness (QED) is 0.761. The maximum atomic E-state index is 12.5. The molecule has 0 aliphatic heterocycles. The van der Waals surface area contributed by atoms with Crippen LogP contribution in [0.15, 0.2) is 41.8 Å². The van der Waals surface area contributed by atoms with Crippen LogP contribution in [-0.4, -0.2) is 31.5 Å². The van der Waals surface area contributed by atoms with Gasteiger partial charge in [-0.25, -0.2) is 0 Å². The molecule has 1 atom stereocenters. The first-order valence-corrected chi connectivity index (χ1v) is 9.15. The molecule has 5 nitrogen and oxygen atoms in total. The van der Waals surface area contributed by atoms with Crippen LogP contribution in [-0.2, 0) is 11.2 Å². The molecular weight excluding hydrogens is 336 g/mol. The third kappa shape index (κ3) is 5.32. The molecule has 0 bridgehead atoms. The minimum atomic E-state index is -0.563. The molecule has 134 valence electrons. The fourth-order valence-corrected chi connectivity index (χ4v) is 3.12. The lowest BCUT2D eigenvalue weighted by Gasteiger charge is -2.21. The molecule has 1 heterocycles. The largest absolute Gasteiger partial charge is 0.496 e. The van der Waals surface area contributed by atoms with Gasteiger partial charge in [0.05, 0.1) is 12.0 Å². The predicted molar refractivity (Wildman–Crippen MR) is 100 cm³/mol. The first-order chi connectivity index (χ1) is 12.0. The molecule has 0 saturated carbocycles. The first-order valence-electron chi connectivity index (χ1n) is 8.27. The first kappa shape index (κ1) is 19.0. The van der Waals surface area contributed by atoms with Crippen LogP contribution in [0.2, 0.25) is 0 Å². The lowest BCUT2D eigenvalue weighted by Crippen LogP contribution is -2.49. The summed E-state index contributed by atoms with van der Waals surface area (Å²) in [5.41, 5.74) is 1.04. The summed E-state index contributed by atoms with van der Waals surface area (Å²) < 4.78 is 5.31. The molecule has 2 N–H and O–H groups in total. The van der Waals surface area contributed by atoms with Crippen molar-refractivity contribution in [3.8, 4) is 5.75 Å². The van der Waals surface area contributed by atoms with E-state index in [0.29, 0.717) is 17.8 Å². The van der Waals surface area contributed by atoms with E-state index in [-0.39, 0.29) is 17.7 Å². The Labute approximate surface area is 152 Å². The van der Waals surface area contributed by atoms with Gasteiger partial charge in [-0.3, -0.25) is 9.59 Å². The fourth-order valence-electron chi connectivity index (χ4n) is 2.49. The predicted octanol–water partition coefficient (Wildman–Crippen LogP) is 2.87. The van der Waals surface area contributed by atoms with Gasteiger partial charge in [-0.05, 0) is 35.4 Å². The number of hydrogen-bond donors (Lipinski definition) is 2. The lowest BCUT2D eigenvalue weighted by atomic mass is 10.0. The van der Waals surface area contributed by atoms with E-state index in [9.17, 15) is 9.59 Å². The number of rotatable bonds is 8. The van der Waals surface area contributed by atoms with Crippen molar-refractivity contribution in [2.75, 3.05) is 13.7 Å². The van der Waals surface area contributed by atoms with Gasteiger partial charge < -0.3 is 15.4 Å². The van der Waals surface area contributed by atoms with Gasteiger partial charge >= 0.3 is 0 Å². The van der Waals surface area contributed by atoms with Gasteiger partial charge in [-0.15, -0.1) is 11.3 Å². The molecule has 0 radical (unpaired) electrons. The van der Waals surface area contributed by atoms with Crippen LogP contribution in [0.1, 0.15) is 29.1 Å². The molecular formula is C19H24N2O3S. The molecule has 0 unspecified atom stereocenters. The summed E-state index contributed by atoms with van der Waals surface area (Å²) in [4.78, 5) is 25.3. The van der Waals surface area contributed by atoms with Crippen LogP contribution in [0, 0.1) is 5.92 Å². The topological polar surface area (TPSA) is 67.4 Å². The highest BCUT2D eigenvalue weighted by Crippen LogP contribution is 2.17. The van der Waals surface area contributed by atoms with Gasteiger partial charge in [0, 0.05) is 6.54 Å². The Kier molecular flexibility index (Phi) is 7.01. The number of hydrogen-bond acceptors (Lipinski definition) is 4. The third-order valence-corrected chi connectivity index (χ3v) is 4.74. The summed E-state index contributed by atoms with van der Waals surface area (Å²) in [5, 5.41) is 7.57. The van der Waals surface area contributed by atoms with Gasteiger partial charge in [-0.1, -0.05) is 38.1 Å². The summed E-state index contributed by atoms with van der Waals surface area (Å²) >= 11 is 1.36. The zero-order chi connectivity index (χ0) is 18.2. The maximum absolute atomic E-state index is 12.5. The van der Waals surface area contributed by atoms with Gasteiger partial charge in [0.25, 0.3) is 5.91 Å². The van der Waals surface area contributed by atoms with Crippen molar-refractivity contribution >= 4 is 23.2 Å². The molecule has 6 heteroatoms. The molecule has 1 aromatic carbocycles. The molecule has 2 rings (SSSR count). The number of thiophene rings is 1. The normalized spacial score (nSPS) is 11.8. The van der Waals surface area contributed by atoms with Crippen LogP contribution < -0.4 is 15.4 Å². The smallest absolute Gasteiger partial charge is 0.262 e. The van der Waals surface area contributed by atoms with E-state index in [1.165, 1.54) is 11.3 Å². The zero-order valence-electron chi connectivity index (χ0n) is 14.7. The Hall–Kier alpha value is -2.34. The Bertz CT molecular complexity index is 698. The van der Waals surface area contributed by atoms with Crippen molar-refractivity contribution in [3.63, 3.8) is 0 Å². The van der Waals surface area contributed by atoms with Crippen molar-refractivity contribution in [1.29, 1.82) is 0 Å². The molecule has 0 saturated heterocycles. The number of methoxy groups -OCH3 is 1. The number of carbonyl (C=O) groups is 2. The Morgan fingerprint density at radius 2 is 1.92 bits per heavy atom. The summed E-state index contributed by atoms with van der Waals surface area (Å²) in [5.74, 6) is 0.418. The molecule has 2 aromatic rings. The van der Waals surface area contributed by atoms with Crippen LogP contribution in [0.4, 0.5) is 0 Å². The second-order valence-corrected chi connectivity index (χ2v) is 6.97. The molecule has 0 fully saturated rings. The van der Waals surface area contributed by atoms with E-state index >= 15 is 0 Å². The summed E-state index contributed by atoms with van der Waals surface area (Å²) in [6, 6.07) is 10.7. The second-order valence-electron chi connectivity index (χ2n) is 6.03. The number of benzene rings is 1. The van der Waals surface area contributed by atoms with Crippen molar-refractivity contribution < 1.29 is 14.3 Å². The monoisotopic (exact) mass is 360 g/mol. The summed E-state index contributed by atoms with van der Waals surface area (Å²) in [6.07, 6.45) is 0.666. The minimum absolute atomic E-state index is 0.00447. The van der Waals surface area contributed by atoms with Crippen LogP contribution in [0.25, 0.3) is 0 Å². The standard InChI is InChI=1S/C19H24N2O3S/c1-13(2)17(21-18(22)16-9-6-12-25-16)19(23)20-11-10-14-7-4-5-8-15(14)24-3/h4-9,12-13,17H,10-11H2,1-3H3,(H,20,23)(H,21,22)/t17-/m1/s1. The van der Waals surface area contributed by atoms with Gasteiger partial charge in [-0.2, -0.15) is 0 Å². The fraction of sp³-hybridized carbons (Fsp3) is 0.368. The van der Waals surface area contributed by atoms with Crippen LogP contribution >= 0.6 is 11.3 Å². The number of amides is 2. The van der Waals surface area contributed by atoms with Crippen LogP contribution in [0.5, 0.6) is 5.75 Å². The molecule has 0 spiro atoms. The van der Waals surface area contributed by atoms with Crippen molar-refractivity contribution in [3.05, 3.63) is 52.2 Å². The maximum Gasteiger partial charge on any atom is 0.262 e. The van der Waals surface area contributed by atoms with E-state index < -0.39 is 6.04 Å². The molecule has 2 amide bonds. The van der Waals surface area contributed by atoms with E-state index in [1.54, 1.807) is 13.2 Å². The highest BCUT2D eigenvalue weighted by atomic mass is 32.1. The third-order valence-electron chi connectivity index (χ3n) is 3.87. The average Bonchev–Trinajstić information content (AvgIpc) is 3.14. The van der Waals surface area contributed by atoms with Crippen molar-refractivity contribution in [2.45, 2.75) is 26.3 Å². The van der Waals surface area contributed by atoms with Gasteiger partial charge in [0.2, 0.25) is 5.91 Å². The number of para-hydroxylation sites is 1. The highest BCUT2D eigenvalue weighted by Gasteiger charge is 2.24. The molecule has 1 aromatic heterocycles. The lowest BCUT2D eigenvalue weighted by molar-refractivity contribution is -0.123. The van der Waals surface area contributed by atoms with Crippen molar-refractivity contribution in [1.82, 2.24) is 10.6 Å². The highest BCUT2D eigenvalue weighted by molar-refractivity contribution is 7.12. The second kappa shape index (κ2) is 9.22. The van der Waals surface area contributed by atoms with Gasteiger partial charge in [0.15, 0.2) is 0 Å². The van der Waals surface area contributed by atoms with E-state index in [2.05, 4.69) is 10.6 Å². The zero-order valence-corrected chi connectivity index (χ0v) is 15.6. The average molecular weight is 360 g/mol. The number of nitrogens with one attached hydrogen (secondary N) is 2. The van der Waals surface area contributed by atoms with E-state index in [1.807, 2.05) is 49.6 Å². The van der Waals surface area contributed by atoms with Crippen LogP contribution in [0.3, 0.4) is 0 Å². The molecule has 0 aliphatic carbocycles. The number of ether oxygens (including phenoxy) is 1. The molecule has 0 aliphatic rings. The number of carbonyl (C=O) groups excluding carboxylic acids is 2. The molecule has 25 heavy (non-hydrogen) atoms. The van der Waals surface area contributed by atoms with E-state index in [4.69, 9.17) is 4.74 Å². The minimum Gasteiger partial charge on any atom is -0.496 e.